The van der Waals surface area contributed by atoms with Gasteiger partial charge in [0, 0.05) is 17.1 Å². The van der Waals surface area contributed by atoms with E-state index in [1.165, 1.54) is 0 Å². The van der Waals surface area contributed by atoms with Crippen molar-refractivity contribution < 1.29 is 9.59 Å². The third kappa shape index (κ3) is 4.74. The Kier molecular flexibility index (Phi) is 6.06. The fourth-order valence-electron chi connectivity index (χ4n) is 3.91. The Morgan fingerprint density at radius 1 is 0.931 bits per heavy atom. The summed E-state index contributed by atoms with van der Waals surface area (Å²) >= 11 is 1.59. The lowest BCUT2D eigenvalue weighted by Crippen LogP contribution is -2.46. The summed E-state index contributed by atoms with van der Waals surface area (Å²) in [7, 11) is 0. The van der Waals surface area contributed by atoms with Gasteiger partial charge in [-0.1, -0.05) is 54.6 Å². The minimum Gasteiger partial charge on any atom is -0.335 e. The molecule has 29 heavy (non-hydrogen) atoms. The van der Waals surface area contributed by atoms with E-state index >= 15 is 0 Å². The summed E-state index contributed by atoms with van der Waals surface area (Å²) in [6, 6.07) is 23.6. The normalized spacial score (nSPS) is 19.0. The molecule has 148 valence electrons. The summed E-state index contributed by atoms with van der Waals surface area (Å²) in [6.07, 6.45) is 1.93. The van der Waals surface area contributed by atoms with Crippen LogP contribution in [0.4, 0.5) is 5.69 Å². The lowest BCUT2D eigenvalue weighted by molar-refractivity contribution is -0.137. The largest absolute Gasteiger partial charge is 0.335 e. The van der Waals surface area contributed by atoms with Crippen LogP contribution in [0.5, 0.6) is 0 Å². The summed E-state index contributed by atoms with van der Waals surface area (Å²) in [5.41, 5.74) is 1.92. The zero-order valence-electron chi connectivity index (χ0n) is 16.2. The Hall–Kier alpha value is -2.92. The molecule has 0 bridgehead atoms. The van der Waals surface area contributed by atoms with Gasteiger partial charge in [-0.3, -0.25) is 9.59 Å². The lowest BCUT2D eigenvalue weighted by Gasteiger charge is -2.39. The van der Waals surface area contributed by atoms with Crippen molar-refractivity contribution in [2.75, 3.05) is 11.9 Å². The number of thiophene rings is 1. The van der Waals surface area contributed by atoms with E-state index in [0.717, 1.165) is 29.0 Å². The molecular weight excluding hydrogens is 380 g/mol. The highest BCUT2D eigenvalue weighted by Gasteiger charge is 2.35. The van der Waals surface area contributed by atoms with Crippen LogP contribution in [0.3, 0.4) is 0 Å². The molecule has 2 aromatic carbocycles. The summed E-state index contributed by atoms with van der Waals surface area (Å²) in [5.74, 6) is -0.141. The number of likely N-dealkylation sites (tertiary alicyclic amines) is 1. The van der Waals surface area contributed by atoms with Crippen molar-refractivity contribution in [2.45, 2.75) is 25.3 Å². The van der Waals surface area contributed by atoms with Crippen LogP contribution in [0.15, 0.2) is 78.2 Å². The van der Waals surface area contributed by atoms with Gasteiger partial charge in [0.15, 0.2) is 0 Å². The van der Waals surface area contributed by atoms with Gasteiger partial charge in [-0.15, -0.1) is 11.3 Å². The van der Waals surface area contributed by atoms with E-state index in [-0.39, 0.29) is 23.8 Å². The fourth-order valence-corrected chi connectivity index (χ4v) is 4.61. The van der Waals surface area contributed by atoms with Gasteiger partial charge in [0.05, 0.1) is 18.4 Å². The molecule has 2 heterocycles. The smallest absolute Gasteiger partial charge is 0.229 e. The second-order valence-electron chi connectivity index (χ2n) is 7.36. The maximum absolute atomic E-state index is 13.2. The molecule has 4 rings (SSSR count). The number of hydrogen-bond acceptors (Lipinski definition) is 3. The van der Waals surface area contributed by atoms with Crippen molar-refractivity contribution in [1.29, 1.82) is 0 Å². The third-order valence-electron chi connectivity index (χ3n) is 5.40. The number of carbonyl (C=O) groups excluding carboxylic acids is 2. The van der Waals surface area contributed by atoms with E-state index in [9.17, 15) is 9.59 Å². The first-order valence-electron chi connectivity index (χ1n) is 9.93. The van der Waals surface area contributed by atoms with Gasteiger partial charge in [-0.2, -0.15) is 0 Å². The van der Waals surface area contributed by atoms with Crippen molar-refractivity contribution in [1.82, 2.24) is 4.90 Å². The number of piperidine rings is 1. The number of carbonyl (C=O) groups is 2. The number of amides is 2. The van der Waals surface area contributed by atoms with Crippen LogP contribution in [-0.2, 0) is 16.0 Å². The van der Waals surface area contributed by atoms with Crippen LogP contribution in [0.1, 0.15) is 29.3 Å². The highest BCUT2D eigenvalue weighted by atomic mass is 32.1. The molecular formula is C24H24N2O2S. The van der Waals surface area contributed by atoms with E-state index in [0.29, 0.717) is 13.0 Å². The van der Waals surface area contributed by atoms with E-state index in [4.69, 9.17) is 0 Å². The van der Waals surface area contributed by atoms with Crippen LogP contribution in [0, 0.1) is 5.92 Å². The molecule has 0 saturated carbocycles. The molecule has 3 aromatic rings. The predicted molar refractivity (Wildman–Crippen MR) is 117 cm³/mol. The van der Waals surface area contributed by atoms with Crippen molar-refractivity contribution >= 4 is 28.8 Å². The van der Waals surface area contributed by atoms with Crippen LogP contribution in [0.2, 0.25) is 0 Å². The molecule has 1 N–H and O–H groups in total. The number of rotatable bonds is 5. The molecule has 4 nitrogen and oxygen atoms in total. The topological polar surface area (TPSA) is 49.4 Å². The number of nitrogens with one attached hydrogen (secondary N) is 1. The Bertz CT molecular complexity index is 942. The maximum atomic E-state index is 13.2. The molecule has 2 amide bonds. The van der Waals surface area contributed by atoms with Gasteiger partial charge in [0.1, 0.15) is 0 Å². The number of para-hydroxylation sites is 1. The van der Waals surface area contributed by atoms with Crippen molar-refractivity contribution in [2.24, 2.45) is 5.92 Å². The average molecular weight is 405 g/mol. The number of anilines is 1. The summed E-state index contributed by atoms with van der Waals surface area (Å²) in [4.78, 5) is 29.0. The molecule has 1 aliphatic rings. The van der Waals surface area contributed by atoms with Gasteiger partial charge >= 0.3 is 0 Å². The van der Waals surface area contributed by atoms with Crippen LogP contribution < -0.4 is 5.32 Å². The van der Waals surface area contributed by atoms with E-state index in [1.807, 2.05) is 70.9 Å². The van der Waals surface area contributed by atoms with Gasteiger partial charge < -0.3 is 10.2 Å². The number of hydrogen-bond donors (Lipinski definition) is 1. The molecule has 1 saturated heterocycles. The van der Waals surface area contributed by atoms with Crippen LogP contribution in [0.25, 0.3) is 0 Å². The Labute approximate surface area is 175 Å². The highest BCUT2D eigenvalue weighted by molar-refractivity contribution is 7.10. The first-order chi connectivity index (χ1) is 14.2. The third-order valence-corrected chi connectivity index (χ3v) is 6.28. The van der Waals surface area contributed by atoms with Crippen LogP contribution in [-0.4, -0.2) is 23.3 Å². The van der Waals surface area contributed by atoms with E-state index < -0.39 is 0 Å². The molecule has 1 fully saturated rings. The maximum Gasteiger partial charge on any atom is 0.229 e. The molecule has 2 unspecified atom stereocenters. The molecule has 0 aliphatic carbocycles. The van der Waals surface area contributed by atoms with Crippen molar-refractivity contribution in [3.05, 3.63) is 88.6 Å². The van der Waals surface area contributed by atoms with Gasteiger partial charge in [-0.25, -0.2) is 0 Å². The number of benzene rings is 2. The van der Waals surface area contributed by atoms with Gasteiger partial charge in [0.25, 0.3) is 0 Å². The molecule has 0 radical (unpaired) electrons. The summed E-state index contributed by atoms with van der Waals surface area (Å²) in [5, 5.41) is 4.99. The monoisotopic (exact) mass is 404 g/mol. The van der Waals surface area contributed by atoms with E-state index in [2.05, 4.69) is 17.4 Å². The molecule has 1 aromatic heterocycles. The first-order valence-corrected chi connectivity index (χ1v) is 10.8. The molecule has 0 spiro atoms. The minimum atomic E-state index is -0.206. The zero-order chi connectivity index (χ0) is 20.1. The summed E-state index contributed by atoms with van der Waals surface area (Å²) in [6.45, 7) is 0.447. The predicted octanol–water partition coefficient (Wildman–Crippen LogP) is 4.91. The Morgan fingerprint density at radius 3 is 2.34 bits per heavy atom. The van der Waals surface area contributed by atoms with E-state index in [1.54, 1.807) is 11.3 Å². The Morgan fingerprint density at radius 2 is 1.66 bits per heavy atom. The van der Waals surface area contributed by atoms with Gasteiger partial charge in [-0.05, 0) is 42.0 Å². The second kappa shape index (κ2) is 9.05. The fraction of sp³-hybridized carbons (Fsp3) is 0.250. The highest BCUT2D eigenvalue weighted by Crippen LogP contribution is 2.34. The minimum absolute atomic E-state index is 0.0170. The Balaban J connectivity index is 1.52. The zero-order valence-corrected chi connectivity index (χ0v) is 17.0. The summed E-state index contributed by atoms with van der Waals surface area (Å²) < 4.78 is 0. The lowest BCUT2D eigenvalue weighted by atomic mass is 9.88. The first kappa shape index (κ1) is 19.4. The molecule has 5 heteroatoms. The second-order valence-corrected chi connectivity index (χ2v) is 8.39. The number of nitrogens with zero attached hydrogens (tertiary/aromatic N) is 1. The quantitative estimate of drug-likeness (QED) is 0.657. The molecule has 2 atom stereocenters. The van der Waals surface area contributed by atoms with Crippen LogP contribution >= 0.6 is 11.3 Å². The molecule has 1 aliphatic heterocycles. The van der Waals surface area contributed by atoms with Gasteiger partial charge in [0.2, 0.25) is 11.8 Å². The standard InChI is InChI=1S/C24H24N2O2S/c27-23(16-21-12-7-15-29-21)26-17-19(24(28)25-20-10-5-2-6-11-20)13-14-22(26)18-8-3-1-4-9-18/h1-12,15,19,22H,13-14,16-17H2,(H,25,28). The van der Waals surface area contributed by atoms with Crippen molar-refractivity contribution in [3.63, 3.8) is 0 Å². The van der Waals surface area contributed by atoms with Crippen molar-refractivity contribution in [3.8, 4) is 0 Å². The SMILES string of the molecule is O=C(Nc1ccccc1)C1CCC(c2ccccc2)N(C(=O)Cc2cccs2)C1. The average Bonchev–Trinajstić information content (AvgIpc) is 3.27.